The van der Waals surface area contributed by atoms with Crippen LogP contribution in [0.3, 0.4) is 0 Å². The molecule has 0 aliphatic heterocycles. The highest BCUT2D eigenvalue weighted by Gasteiger charge is 2.24. The van der Waals surface area contributed by atoms with Gasteiger partial charge in [0.2, 0.25) is 11.8 Å². The maximum Gasteiger partial charge on any atom is 0.323 e. The van der Waals surface area contributed by atoms with Crippen molar-refractivity contribution in [3.05, 3.63) is 77.9 Å². The third-order valence-electron chi connectivity index (χ3n) is 6.26. The van der Waals surface area contributed by atoms with Crippen molar-refractivity contribution >= 4 is 40.9 Å². The predicted octanol–water partition coefficient (Wildman–Crippen LogP) is 5.98. The number of hydrogen-bond donors (Lipinski definition) is 5. The number of anilines is 3. The number of carboxylic acid groups (broad SMARTS) is 1. The van der Waals surface area contributed by atoms with Crippen LogP contribution in [0.1, 0.15) is 50.8 Å². The average Bonchev–Trinajstić information content (AvgIpc) is 2.99. The summed E-state index contributed by atoms with van der Waals surface area (Å²) in [5.41, 5.74) is 3.17. The number of aryl methyl sites for hydroxylation is 1. The molecule has 0 heterocycles. The molecule has 11 heteroatoms. The molecule has 3 aromatic carbocycles. The molecule has 4 amide bonds. The van der Waals surface area contributed by atoms with E-state index in [4.69, 9.17) is 9.47 Å². The number of amides is 4. The van der Waals surface area contributed by atoms with Crippen LogP contribution >= 0.6 is 0 Å². The van der Waals surface area contributed by atoms with Crippen molar-refractivity contribution in [2.45, 2.75) is 46.6 Å². The minimum atomic E-state index is -1.10. The van der Waals surface area contributed by atoms with Gasteiger partial charge in [0, 0.05) is 29.4 Å². The number of methoxy groups -OCH3 is 2. The normalized spacial score (nSPS) is 11.5. The maximum absolute atomic E-state index is 12.9. The van der Waals surface area contributed by atoms with Gasteiger partial charge in [-0.25, -0.2) is 4.79 Å². The zero-order valence-electron chi connectivity index (χ0n) is 25.3. The molecule has 43 heavy (non-hydrogen) atoms. The monoisotopic (exact) mass is 592 g/mol. The molecule has 0 fully saturated rings. The molecule has 1 unspecified atom stereocenters. The van der Waals surface area contributed by atoms with Gasteiger partial charge < -0.3 is 35.8 Å². The molecule has 230 valence electrons. The summed E-state index contributed by atoms with van der Waals surface area (Å²) in [5.74, 6) is -1.84. The fourth-order valence-corrected chi connectivity index (χ4v) is 4.03. The molecule has 5 N–H and O–H groups in total. The van der Waals surface area contributed by atoms with Crippen LogP contribution < -0.4 is 30.7 Å². The lowest BCUT2D eigenvalue weighted by Crippen LogP contribution is -2.35. The standard InChI is InChI=1S/C30H34N4O7.C2H6/c1-18-7-5-6-8-23(18)34-30(39)32-22-12-10-21(11-13-22)31-27(35)15-19(2)29(38)33-24(17-28(36)37)20-9-14-25(40-3)26(16-20)41-4;1-2/h5-14,16,19,24H,15,17H2,1-4H3,(H,31,35)(H,33,38)(H,36,37)(H2,32,34,39);1-2H3/t19?,24-;/m0./s1. The summed E-state index contributed by atoms with van der Waals surface area (Å²) in [7, 11) is 2.94. The van der Waals surface area contributed by atoms with Crippen molar-refractivity contribution in [1.82, 2.24) is 5.32 Å². The molecule has 2 atom stereocenters. The quantitative estimate of drug-likeness (QED) is 0.173. The fraction of sp³-hybridized carbons (Fsp3) is 0.312. The summed E-state index contributed by atoms with van der Waals surface area (Å²) in [6.45, 7) is 7.48. The van der Waals surface area contributed by atoms with E-state index in [0.29, 0.717) is 34.1 Å². The van der Waals surface area contributed by atoms with Crippen LogP contribution in [0.5, 0.6) is 11.5 Å². The fourth-order valence-electron chi connectivity index (χ4n) is 4.03. The Bertz CT molecular complexity index is 1390. The first kappa shape index (κ1) is 34.1. The van der Waals surface area contributed by atoms with Gasteiger partial charge in [-0.2, -0.15) is 0 Å². The third-order valence-corrected chi connectivity index (χ3v) is 6.26. The Labute approximate surface area is 252 Å². The molecule has 0 bridgehead atoms. The number of urea groups is 1. The molecule has 0 aliphatic rings. The number of hydrogen-bond acceptors (Lipinski definition) is 6. The Morgan fingerprint density at radius 3 is 1.98 bits per heavy atom. The number of nitrogens with one attached hydrogen (secondary N) is 4. The summed E-state index contributed by atoms with van der Waals surface area (Å²) in [6, 6.07) is 17.6. The lowest BCUT2D eigenvalue weighted by molar-refractivity contribution is -0.138. The van der Waals surface area contributed by atoms with E-state index >= 15 is 0 Å². The predicted molar refractivity (Wildman–Crippen MR) is 167 cm³/mol. The van der Waals surface area contributed by atoms with Crippen molar-refractivity contribution in [3.63, 3.8) is 0 Å². The summed E-state index contributed by atoms with van der Waals surface area (Å²) < 4.78 is 10.5. The molecule has 0 radical (unpaired) electrons. The Balaban J connectivity index is 0.00000316. The smallest absolute Gasteiger partial charge is 0.323 e. The molecule has 0 saturated carbocycles. The zero-order valence-corrected chi connectivity index (χ0v) is 25.3. The van der Waals surface area contributed by atoms with Crippen molar-refractivity contribution in [1.29, 1.82) is 0 Å². The van der Waals surface area contributed by atoms with Crippen molar-refractivity contribution < 1.29 is 33.8 Å². The SMILES string of the molecule is CC.COc1ccc([C@H](CC(=O)O)NC(=O)C(C)CC(=O)Nc2ccc(NC(=O)Nc3ccccc3C)cc2)cc1OC. The van der Waals surface area contributed by atoms with Gasteiger partial charge in [-0.1, -0.05) is 45.0 Å². The molecule has 0 saturated heterocycles. The van der Waals surface area contributed by atoms with E-state index in [1.165, 1.54) is 14.2 Å². The van der Waals surface area contributed by atoms with Crippen LogP contribution in [0, 0.1) is 12.8 Å². The number of benzene rings is 3. The first-order valence-corrected chi connectivity index (χ1v) is 13.9. The van der Waals surface area contributed by atoms with Crippen LogP contribution in [0.15, 0.2) is 66.7 Å². The zero-order chi connectivity index (χ0) is 31.9. The minimum absolute atomic E-state index is 0.129. The van der Waals surface area contributed by atoms with E-state index < -0.39 is 35.8 Å². The third kappa shape index (κ3) is 10.7. The molecular weight excluding hydrogens is 552 g/mol. The van der Waals surface area contributed by atoms with Gasteiger partial charge in [0.05, 0.1) is 26.7 Å². The second-order valence-electron chi connectivity index (χ2n) is 9.40. The lowest BCUT2D eigenvalue weighted by atomic mass is 10.0. The summed E-state index contributed by atoms with van der Waals surface area (Å²) in [4.78, 5) is 49.3. The first-order valence-electron chi connectivity index (χ1n) is 13.9. The highest BCUT2D eigenvalue weighted by atomic mass is 16.5. The summed E-state index contributed by atoms with van der Waals surface area (Å²) >= 11 is 0. The van der Waals surface area contributed by atoms with E-state index in [0.717, 1.165) is 5.56 Å². The van der Waals surface area contributed by atoms with Crippen LogP contribution in [-0.2, 0) is 14.4 Å². The van der Waals surface area contributed by atoms with Crippen LogP contribution in [-0.4, -0.2) is 43.1 Å². The number of aliphatic carboxylic acids is 1. The molecule has 0 spiro atoms. The van der Waals surface area contributed by atoms with Crippen molar-refractivity contribution in [3.8, 4) is 11.5 Å². The van der Waals surface area contributed by atoms with Gasteiger partial charge in [-0.05, 0) is 60.5 Å². The van der Waals surface area contributed by atoms with Gasteiger partial charge >= 0.3 is 12.0 Å². The Kier molecular flexibility index (Phi) is 13.5. The largest absolute Gasteiger partial charge is 0.493 e. The Morgan fingerprint density at radius 2 is 1.40 bits per heavy atom. The van der Waals surface area contributed by atoms with E-state index in [2.05, 4.69) is 21.3 Å². The van der Waals surface area contributed by atoms with Crippen LogP contribution in [0.2, 0.25) is 0 Å². The van der Waals surface area contributed by atoms with Gasteiger partial charge in [-0.15, -0.1) is 0 Å². The van der Waals surface area contributed by atoms with Crippen molar-refractivity contribution in [2.75, 3.05) is 30.2 Å². The van der Waals surface area contributed by atoms with E-state index in [1.54, 1.807) is 55.5 Å². The molecule has 0 aliphatic carbocycles. The Hall–Kier alpha value is -5.06. The van der Waals surface area contributed by atoms with E-state index in [9.17, 15) is 24.3 Å². The van der Waals surface area contributed by atoms with Gasteiger partial charge in [0.15, 0.2) is 11.5 Å². The highest BCUT2D eigenvalue weighted by Crippen LogP contribution is 2.31. The summed E-state index contributed by atoms with van der Waals surface area (Å²) in [5, 5.41) is 20.3. The van der Waals surface area contributed by atoms with Gasteiger partial charge in [-0.3, -0.25) is 14.4 Å². The highest BCUT2D eigenvalue weighted by molar-refractivity contribution is 6.00. The second kappa shape index (κ2) is 17.0. The van der Waals surface area contributed by atoms with Crippen molar-refractivity contribution in [2.24, 2.45) is 5.92 Å². The Morgan fingerprint density at radius 1 is 0.791 bits per heavy atom. The molecule has 3 rings (SSSR count). The molecule has 3 aromatic rings. The maximum atomic E-state index is 12.9. The van der Waals surface area contributed by atoms with Crippen LogP contribution in [0.4, 0.5) is 21.9 Å². The number of carbonyl (C=O) groups excluding carboxylic acids is 3. The average molecular weight is 593 g/mol. The molecular formula is C32H40N4O7. The lowest BCUT2D eigenvalue weighted by Gasteiger charge is -2.21. The van der Waals surface area contributed by atoms with E-state index in [-0.39, 0.29) is 12.8 Å². The number of para-hydroxylation sites is 1. The molecule has 0 aromatic heterocycles. The topological polar surface area (TPSA) is 155 Å². The minimum Gasteiger partial charge on any atom is -0.493 e. The van der Waals surface area contributed by atoms with Gasteiger partial charge in [0.1, 0.15) is 0 Å². The van der Waals surface area contributed by atoms with Gasteiger partial charge in [0.25, 0.3) is 0 Å². The number of carbonyl (C=O) groups is 4. The number of ether oxygens (including phenoxy) is 2. The first-order chi connectivity index (χ1) is 20.6. The summed E-state index contributed by atoms with van der Waals surface area (Å²) in [6.07, 6.45) is -0.486. The van der Waals surface area contributed by atoms with Crippen LogP contribution in [0.25, 0.3) is 0 Å². The number of rotatable bonds is 12. The number of carboxylic acids is 1. The molecule has 11 nitrogen and oxygen atoms in total. The second-order valence-corrected chi connectivity index (χ2v) is 9.40. The van der Waals surface area contributed by atoms with E-state index in [1.807, 2.05) is 39.0 Å².